The highest BCUT2D eigenvalue weighted by atomic mass is 19.3. The van der Waals surface area contributed by atoms with Gasteiger partial charge in [0.25, 0.3) is 0 Å². The quantitative estimate of drug-likeness (QED) is 0.847. The Morgan fingerprint density at radius 1 is 1.44 bits per heavy atom. The van der Waals surface area contributed by atoms with Gasteiger partial charge < -0.3 is 9.84 Å². The molecular weight excluding hydrogens is 248 g/mol. The summed E-state index contributed by atoms with van der Waals surface area (Å²) in [6, 6.07) is 0. The number of amides is 1. The summed E-state index contributed by atoms with van der Waals surface area (Å²) in [5, 5.41) is 9.06. The molecule has 2 unspecified atom stereocenters. The zero-order chi connectivity index (χ0) is 14.3. The Hall–Kier alpha value is -1.40. The van der Waals surface area contributed by atoms with E-state index in [2.05, 4.69) is 0 Å². The Kier molecular flexibility index (Phi) is 3.56. The molecule has 0 saturated heterocycles. The fourth-order valence-corrected chi connectivity index (χ4v) is 1.84. The lowest BCUT2D eigenvalue weighted by Crippen LogP contribution is -2.48. The zero-order valence-corrected chi connectivity index (χ0v) is 10.7. The van der Waals surface area contributed by atoms with E-state index in [-0.39, 0.29) is 6.42 Å². The van der Waals surface area contributed by atoms with Gasteiger partial charge in [0.2, 0.25) is 6.43 Å². The van der Waals surface area contributed by atoms with Crippen LogP contribution >= 0.6 is 0 Å². The van der Waals surface area contributed by atoms with Gasteiger partial charge in [0, 0.05) is 7.05 Å². The van der Waals surface area contributed by atoms with Gasteiger partial charge in [-0.1, -0.05) is 0 Å². The van der Waals surface area contributed by atoms with E-state index in [4.69, 9.17) is 9.84 Å². The van der Waals surface area contributed by atoms with Crippen molar-refractivity contribution < 1.29 is 28.2 Å². The summed E-state index contributed by atoms with van der Waals surface area (Å²) < 4.78 is 30.2. The van der Waals surface area contributed by atoms with Gasteiger partial charge in [0.15, 0.2) is 5.54 Å². The van der Waals surface area contributed by atoms with Crippen LogP contribution in [0.3, 0.4) is 0 Å². The number of carboxylic acid groups (broad SMARTS) is 1. The molecule has 0 radical (unpaired) electrons. The molecule has 0 aliphatic heterocycles. The molecule has 0 aromatic heterocycles. The summed E-state index contributed by atoms with van der Waals surface area (Å²) >= 11 is 0. The van der Waals surface area contributed by atoms with Crippen LogP contribution in [-0.4, -0.2) is 46.7 Å². The number of alkyl halides is 2. The number of ether oxygens (including phenoxy) is 1. The van der Waals surface area contributed by atoms with E-state index in [9.17, 15) is 18.4 Å². The molecule has 18 heavy (non-hydrogen) atoms. The number of nitrogens with zero attached hydrogens (tertiary/aromatic N) is 1. The lowest BCUT2D eigenvalue weighted by atomic mass is 10.2. The van der Waals surface area contributed by atoms with E-state index >= 15 is 0 Å². The van der Waals surface area contributed by atoms with Gasteiger partial charge in [0.1, 0.15) is 5.60 Å². The summed E-state index contributed by atoms with van der Waals surface area (Å²) in [4.78, 5) is 23.6. The number of hydrogen-bond donors (Lipinski definition) is 1. The zero-order valence-electron chi connectivity index (χ0n) is 10.7. The first-order valence-corrected chi connectivity index (χ1v) is 5.50. The lowest BCUT2D eigenvalue weighted by molar-refractivity contribution is -0.146. The minimum absolute atomic E-state index is 0.254. The average Bonchev–Trinajstić information content (AvgIpc) is 2.89. The standard InChI is InChI=1S/C11H17F2NO4/c1-10(2,3)18-9(17)14(4)11(8(15)16)5-6(11)7(12)13/h6-7H,5H2,1-4H3,(H,15,16). The van der Waals surface area contributed by atoms with Crippen molar-refractivity contribution in [3.05, 3.63) is 0 Å². The van der Waals surface area contributed by atoms with E-state index in [0.717, 1.165) is 4.90 Å². The van der Waals surface area contributed by atoms with Crippen molar-refractivity contribution in [3.63, 3.8) is 0 Å². The Bertz CT molecular complexity index is 367. The normalized spacial score (nSPS) is 26.9. The smallest absolute Gasteiger partial charge is 0.411 e. The first-order chi connectivity index (χ1) is 8.02. The van der Waals surface area contributed by atoms with E-state index in [1.54, 1.807) is 20.8 Å². The average molecular weight is 265 g/mol. The molecule has 0 heterocycles. The van der Waals surface area contributed by atoms with E-state index in [1.165, 1.54) is 7.05 Å². The Balaban J connectivity index is 2.85. The minimum Gasteiger partial charge on any atom is -0.479 e. The summed E-state index contributed by atoms with van der Waals surface area (Å²) in [7, 11) is 1.17. The maximum Gasteiger partial charge on any atom is 0.411 e. The predicted molar refractivity (Wildman–Crippen MR) is 58.5 cm³/mol. The first kappa shape index (κ1) is 14.7. The predicted octanol–water partition coefficient (Wildman–Crippen LogP) is 1.96. The highest BCUT2D eigenvalue weighted by Gasteiger charge is 2.69. The van der Waals surface area contributed by atoms with E-state index in [1.807, 2.05) is 0 Å². The van der Waals surface area contributed by atoms with Crippen LogP contribution in [0.4, 0.5) is 13.6 Å². The van der Waals surface area contributed by atoms with Crippen LogP contribution in [0.5, 0.6) is 0 Å². The molecule has 0 aromatic rings. The van der Waals surface area contributed by atoms with Gasteiger partial charge >= 0.3 is 12.1 Å². The van der Waals surface area contributed by atoms with Crippen LogP contribution in [0.15, 0.2) is 0 Å². The molecule has 0 aromatic carbocycles. The summed E-state index contributed by atoms with van der Waals surface area (Å²) in [5.74, 6) is -2.77. The monoisotopic (exact) mass is 265 g/mol. The Morgan fingerprint density at radius 3 is 2.22 bits per heavy atom. The van der Waals surface area contributed by atoms with Crippen molar-refractivity contribution in [3.8, 4) is 0 Å². The molecule has 1 aliphatic rings. The van der Waals surface area contributed by atoms with Crippen molar-refractivity contribution in [2.75, 3.05) is 7.05 Å². The number of carbonyl (C=O) groups excluding carboxylic acids is 1. The molecule has 1 saturated carbocycles. The van der Waals surface area contributed by atoms with Gasteiger partial charge in [0.05, 0.1) is 5.92 Å². The van der Waals surface area contributed by atoms with Crippen molar-refractivity contribution in [1.29, 1.82) is 0 Å². The minimum atomic E-state index is -2.77. The van der Waals surface area contributed by atoms with Gasteiger partial charge in [-0.15, -0.1) is 0 Å². The molecule has 2 atom stereocenters. The fraction of sp³-hybridized carbons (Fsp3) is 0.818. The maximum absolute atomic E-state index is 12.6. The topological polar surface area (TPSA) is 66.8 Å². The number of carbonyl (C=O) groups is 2. The number of hydrogen-bond acceptors (Lipinski definition) is 3. The molecule has 1 rings (SSSR count). The third-order valence-corrected chi connectivity index (χ3v) is 2.92. The highest BCUT2D eigenvalue weighted by Crippen LogP contribution is 2.51. The van der Waals surface area contributed by atoms with Crippen LogP contribution in [0.2, 0.25) is 0 Å². The van der Waals surface area contributed by atoms with Crippen molar-refractivity contribution in [1.82, 2.24) is 4.90 Å². The molecule has 1 amide bonds. The van der Waals surface area contributed by atoms with Crippen LogP contribution in [0.25, 0.3) is 0 Å². The van der Waals surface area contributed by atoms with Crippen molar-refractivity contribution in [2.24, 2.45) is 5.92 Å². The Labute approximate surface area is 104 Å². The van der Waals surface area contributed by atoms with E-state index < -0.39 is 35.5 Å². The number of carboxylic acids is 1. The van der Waals surface area contributed by atoms with Crippen molar-refractivity contribution in [2.45, 2.75) is 44.8 Å². The lowest BCUT2D eigenvalue weighted by Gasteiger charge is -2.29. The second-order valence-electron chi connectivity index (χ2n) is 5.41. The number of aliphatic carboxylic acids is 1. The molecule has 5 nitrogen and oxygen atoms in total. The van der Waals surface area contributed by atoms with Crippen molar-refractivity contribution >= 4 is 12.1 Å². The molecule has 0 spiro atoms. The number of likely N-dealkylation sites (N-methyl/N-ethyl adjacent to an activating group) is 1. The fourth-order valence-electron chi connectivity index (χ4n) is 1.84. The van der Waals surface area contributed by atoms with Crippen LogP contribution in [0.1, 0.15) is 27.2 Å². The molecular formula is C11H17F2NO4. The van der Waals surface area contributed by atoms with Crippen LogP contribution in [-0.2, 0) is 9.53 Å². The second kappa shape index (κ2) is 4.37. The largest absolute Gasteiger partial charge is 0.479 e. The SMILES string of the molecule is CN(C(=O)OC(C)(C)C)C1(C(=O)O)CC1C(F)F. The number of halogens is 2. The molecule has 104 valence electrons. The highest BCUT2D eigenvalue weighted by molar-refractivity contribution is 5.88. The maximum atomic E-state index is 12.6. The summed E-state index contributed by atoms with van der Waals surface area (Å²) in [5.41, 5.74) is -2.64. The van der Waals surface area contributed by atoms with E-state index in [0.29, 0.717) is 0 Å². The molecule has 0 bridgehead atoms. The third-order valence-electron chi connectivity index (χ3n) is 2.92. The molecule has 7 heteroatoms. The molecule has 1 fully saturated rings. The Morgan fingerprint density at radius 2 is 1.94 bits per heavy atom. The van der Waals surface area contributed by atoms with Gasteiger partial charge in [-0.3, -0.25) is 4.90 Å². The summed E-state index contributed by atoms with van der Waals surface area (Å²) in [6.45, 7) is 4.84. The van der Waals surface area contributed by atoms with Gasteiger partial charge in [-0.05, 0) is 27.2 Å². The first-order valence-electron chi connectivity index (χ1n) is 5.50. The van der Waals surface area contributed by atoms with Crippen LogP contribution in [0, 0.1) is 5.92 Å². The van der Waals surface area contributed by atoms with Crippen LogP contribution < -0.4 is 0 Å². The number of rotatable bonds is 3. The molecule has 1 aliphatic carbocycles. The summed E-state index contributed by atoms with van der Waals surface area (Å²) in [6.07, 6.45) is -3.94. The van der Waals surface area contributed by atoms with Gasteiger partial charge in [-0.25, -0.2) is 18.4 Å². The third kappa shape index (κ3) is 2.54. The van der Waals surface area contributed by atoms with Gasteiger partial charge in [-0.2, -0.15) is 0 Å². The second-order valence-corrected chi connectivity index (χ2v) is 5.41. The molecule has 1 N–H and O–H groups in total.